The Morgan fingerprint density at radius 3 is 3.33 bits per heavy atom. The molecule has 0 N–H and O–H groups in total. The third-order valence-corrected chi connectivity index (χ3v) is 2.42. The van der Waals surface area contributed by atoms with Crippen LogP contribution in [-0.2, 0) is 0 Å². The predicted molar refractivity (Wildman–Crippen MR) is 43.0 cm³/mol. The highest BCUT2D eigenvalue weighted by Crippen LogP contribution is 2.16. The SMILES string of the molecule is C=CCSc1cscn1. The molecule has 0 aromatic carbocycles. The van der Waals surface area contributed by atoms with Crippen molar-refractivity contribution in [1.29, 1.82) is 0 Å². The minimum absolute atomic E-state index is 0.948. The molecular weight excluding hydrogens is 150 g/mol. The van der Waals surface area contributed by atoms with Gasteiger partial charge >= 0.3 is 0 Å². The fraction of sp³-hybridized carbons (Fsp3) is 0.167. The van der Waals surface area contributed by atoms with Crippen molar-refractivity contribution in [3.63, 3.8) is 0 Å². The zero-order valence-corrected chi connectivity index (χ0v) is 6.54. The molecule has 48 valence electrons. The van der Waals surface area contributed by atoms with Crippen molar-refractivity contribution < 1.29 is 0 Å². The van der Waals surface area contributed by atoms with E-state index in [0.29, 0.717) is 0 Å². The summed E-state index contributed by atoms with van der Waals surface area (Å²) < 4.78 is 0. The van der Waals surface area contributed by atoms with Gasteiger partial charge in [-0.25, -0.2) is 4.98 Å². The third kappa shape index (κ3) is 2.20. The molecule has 9 heavy (non-hydrogen) atoms. The average Bonchev–Trinajstić information content (AvgIpc) is 2.34. The second kappa shape index (κ2) is 3.69. The number of nitrogens with zero attached hydrogens (tertiary/aromatic N) is 1. The molecule has 1 aromatic rings. The molecule has 1 nitrogen and oxygen atoms in total. The monoisotopic (exact) mass is 157 g/mol. The molecule has 3 heteroatoms. The Labute approximate surface area is 62.8 Å². The number of hydrogen-bond acceptors (Lipinski definition) is 3. The largest absolute Gasteiger partial charge is 0.238 e. The molecule has 0 unspecified atom stereocenters. The standard InChI is InChI=1S/C6H7NS2/c1-2-3-9-6-4-8-5-7-6/h2,4-5H,1,3H2. The van der Waals surface area contributed by atoms with E-state index in [0.717, 1.165) is 10.8 Å². The molecule has 0 atom stereocenters. The van der Waals surface area contributed by atoms with Gasteiger partial charge in [0.25, 0.3) is 0 Å². The summed E-state index contributed by atoms with van der Waals surface area (Å²) in [6, 6.07) is 0. The third-order valence-electron chi connectivity index (χ3n) is 0.759. The summed E-state index contributed by atoms with van der Waals surface area (Å²) >= 11 is 3.33. The van der Waals surface area contributed by atoms with Crippen LogP contribution in [0.25, 0.3) is 0 Å². The molecule has 0 aliphatic heterocycles. The van der Waals surface area contributed by atoms with E-state index in [1.807, 2.05) is 17.0 Å². The highest BCUT2D eigenvalue weighted by molar-refractivity contribution is 7.99. The van der Waals surface area contributed by atoms with Crippen LogP contribution < -0.4 is 0 Å². The lowest BCUT2D eigenvalue weighted by molar-refractivity contribution is 1.21. The summed E-state index contributed by atoms with van der Waals surface area (Å²) in [5, 5.41) is 3.13. The molecule has 0 amide bonds. The average molecular weight is 157 g/mol. The number of thioether (sulfide) groups is 1. The first kappa shape index (κ1) is 6.83. The maximum Gasteiger partial charge on any atom is 0.107 e. The molecule has 0 saturated heterocycles. The number of aromatic nitrogens is 1. The highest BCUT2D eigenvalue weighted by atomic mass is 32.2. The number of thiazole rings is 1. The summed E-state index contributed by atoms with van der Waals surface area (Å²) in [4.78, 5) is 4.09. The van der Waals surface area contributed by atoms with Crippen molar-refractivity contribution in [2.75, 3.05) is 5.75 Å². The van der Waals surface area contributed by atoms with E-state index >= 15 is 0 Å². The fourth-order valence-corrected chi connectivity index (χ4v) is 1.75. The van der Waals surface area contributed by atoms with E-state index in [4.69, 9.17) is 0 Å². The zero-order chi connectivity index (χ0) is 6.53. The molecule has 0 aliphatic rings. The fourth-order valence-electron chi connectivity index (χ4n) is 0.417. The molecule has 0 fully saturated rings. The first-order valence-corrected chi connectivity index (χ1v) is 4.48. The Bertz CT molecular complexity index is 169. The van der Waals surface area contributed by atoms with Crippen LogP contribution in [0.4, 0.5) is 0 Å². The predicted octanol–water partition coefficient (Wildman–Crippen LogP) is 2.42. The van der Waals surface area contributed by atoms with Gasteiger partial charge in [-0.2, -0.15) is 0 Å². The van der Waals surface area contributed by atoms with Gasteiger partial charge in [-0.3, -0.25) is 0 Å². The van der Waals surface area contributed by atoms with Gasteiger partial charge in [-0.05, 0) is 0 Å². The minimum atomic E-state index is 0.948. The Morgan fingerprint density at radius 1 is 1.89 bits per heavy atom. The van der Waals surface area contributed by atoms with Crippen LogP contribution in [0, 0.1) is 0 Å². The van der Waals surface area contributed by atoms with Crippen LogP contribution in [0.2, 0.25) is 0 Å². The van der Waals surface area contributed by atoms with E-state index in [1.165, 1.54) is 0 Å². The van der Waals surface area contributed by atoms with Gasteiger partial charge in [0.1, 0.15) is 5.03 Å². The van der Waals surface area contributed by atoms with Crippen molar-refractivity contribution >= 4 is 23.1 Å². The molecule has 0 saturated carbocycles. The van der Waals surface area contributed by atoms with Gasteiger partial charge in [0.05, 0.1) is 5.51 Å². The van der Waals surface area contributed by atoms with Gasteiger partial charge in [-0.15, -0.1) is 29.7 Å². The van der Waals surface area contributed by atoms with E-state index in [2.05, 4.69) is 11.6 Å². The summed E-state index contributed by atoms with van der Waals surface area (Å²) in [6.07, 6.45) is 1.88. The Balaban J connectivity index is 2.38. The number of rotatable bonds is 3. The summed E-state index contributed by atoms with van der Waals surface area (Å²) in [5.74, 6) is 0.948. The van der Waals surface area contributed by atoms with Gasteiger partial charge in [0.2, 0.25) is 0 Å². The van der Waals surface area contributed by atoms with Gasteiger partial charge in [0, 0.05) is 11.1 Å². The molecule has 1 heterocycles. The molecule has 0 spiro atoms. The second-order valence-electron chi connectivity index (χ2n) is 1.43. The van der Waals surface area contributed by atoms with Gasteiger partial charge < -0.3 is 0 Å². The molecule has 0 bridgehead atoms. The lowest BCUT2D eigenvalue weighted by Crippen LogP contribution is -1.69. The topological polar surface area (TPSA) is 12.9 Å². The molecule has 1 rings (SSSR count). The minimum Gasteiger partial charge on any atom is -0.238 e. The lowest BCUT2D eigenvalue weighted by atomic mass is 10.8. The van der Waals surface area contributed by atoms with Crippen molar-refractivity contribution in [2.24, 2.45) is 0 Å². The molecule has 1 aromatic heterocycles. The second-order valence-corrected chi connectivity index (χ2v) is 3.19. The van der Waals surface area contributed by atoms with Crippen molar-refractivity contribution in [3.05, 3.63) is 23.5 Å². The highest BCUT2D eigenvalue weighted by Gasteiger charge is 1.90. The van der Waals surface area contributed by atoms with Crippen molar-refractivity contribution in [1.82, 2.24) is 4.98 Å². The first-order valence-electron chi connectivity index (χ1n) is 2.55. The van der Waals surface area contributed by atoms with Crippen LogP contribution in [0.3, 0.4) is 0 Å². The normalized spacial score (nSPS) is 9.33. The van der Waals surface area contributed by atoms with Crippen molar-refractivity contribution in [3.8, 4) is 0 Å². The van der Waals surface area contributed by atoms with Crippen LogP contribution in [-0.4, -0.2) is 10.7 Å². The lowest BCUT2D eigenvalue weighted by Gasteiger charge is -1.86. The summed E-state index contributed by atoms with van der Waals surface area (Å²) in [5.41, 5.74) is 1.84. The van der Waals surface area contributed by atoms with Crippen LogP contribution in [0.1, 0.15) is 0 Å². The smallest absolute Gasteiger partial charge is 0.107 e. The summed E-state index contributed by atoms with van der Waals surface area (Å²) in [6.45, 7) is 3.61. The first-order chi connectivity index (χ1) is 4.43. The quantitative estimate of drug-likeness (QED) is 0.493. The van der Waals surface area contributed by atoms with E-state index in [1.54, 1.807) is 23.1 Å². The Morgan fingerprint density at radius 2 is 2.78 bits per heavy atom. The molecule has 0 radical (unpaired) electrons. The maximum absolute atomic E-state index is 4.09. The van der Waals surface area contributed by atoms with Crippen molar-refractivity contribution in [2.45, 2.75) is 5.03 Å². The maximum atomic E-state index is 4.09. The van der Waals surface area contributed by atoms with E-state index in [-0.39, 0.29) is 0 Å². The summed E-state index contributed by atoms with van der Waals surface area (Å²) in [7, 11) is 0. The molecular formula is C6H7NS2. The van der Waals surface area contributed by atoms with Crippen LogP contribution in [0.15, 0.2) is 28.6 Å². The van der Waals surface area contributed by atoms with E-state index < -0.39 is 0 Å². The molecule has 0 aliphatic carbocycles. The van der Waals surface area contributed by atoms with Gasteiger partial charge in [0.15, 0.2) is 0 Å². The van der Waals surface area contributed by atoms with Crippen LogP contribution in [0.5, 0.6) is 0 Å². The Hall–Kier alpha value is -0.280. The number of hydrogen-bond donors (Lipinski definition) is 0. The van der Waals surface area contributed by atoms with Crippen LogP contribution >= 0.6 is 23.1 Å². The zero-order valence-electron chi connectivity index (χ0n) is 4.91. The van der Waals surface area contributed by atoms with Gasteiger partial charge in [-0.1, -0.05) is 6.08 Å². The van der Waals surface area contributed by atoms with E-state index in [9.17, 15) is 0 Å². The Kier molecular flexibility index (Phi) is 2.80.